The molecule has 16 heavy (non-hydrogen) atoms. The predicted octanol–water partition coefficient (Wildman–Crippen LogP) is 3.12. The Labute approximate surface area is 103 Å². The molecule has 1 aromatic carbocycles. The van der Waals surface area contributed by atoms with Gasteiger partial charge in [-0.3, -0.25) is 4.79 Å². The van der Waals surface area contributed by atoms with Gasteiger partial charge in [0.2, 0.25) is 0 Å². The summed E-state index contributed by atoms with van der Waals surface area (Å²) in [6.07, 6.45) is 0. The number of amides is 1. The summed E-state index contributed by atoms with van der Waals surface area (Å²) in [4.78, 5) is 11.9. The molecule has 2 nitrogen and oxygen atoms in total. The molecule has 0 spiro atoms. The summed E-state index contributed by atoms with van der Waals surface area (Å²) in [6, 6.07) is 5.95. The number of halogens is 2. The SMILES string of the molecule is CC(Br)C(C)(C)NC(=O)c1ccccc1F. The highest BCUT2D eigenvalue weighted by Crippen LogP contribution is 2.18. The van der Waals surface area contributed by atoms with Gasteiger partial charge in [0.1, 0.15) is 5.82 Å². The molecular formula is C12H15BrFNO. The van der Waals surface area contributed by atoms with Crippen LogP contribution >= 0.6 is 15.9 Å². The molecular weight excluding hydrogens is 273 g/mol. The summed E-state index contributed by atoms with van der Waals surface area (Å²) >= 11 is 3.41. The van der Waals surface area contributed by atoms with E-state index < -0.39 is 17.3 Å². The maximum absolute atomic E-state index is 13.3. The smallest absolute Gasteiger partial charge is 0.254 e. The van der Waals surface area contributed by atoms with Crippen LogP contribution in [0.5, 0.6) is 0 Å². The number of nitrogens with one attached hydrogen (secondary N) is 1. The summed E-state index contributed by atoms with van der Waals surface area (Å²) in [5.74, 6) is -0.896. The van der Waals surface area contributed by atoms with Crippen LogP contribution in [-0.4, -0.2) is 16.3 Å². The number of carbonyl (C=O) groups is 1. The van der Waals surface area contributed by atoms with Crippen molar-refractivity contribution in [1.29, 1.82) is 0 Å². The van der Waals surface area contributed by atoms with Gasteiger partial charge in [-0.2, -0.15) is 0 Å². The highest BCUT2D eigenvalue weighted by atomic mass is 79.9. The molecule has 0 heterocycles. The zero-order valence-electron chi connectivity index (χ0n) is 9.55. The fourth-order valence-electron chi connectivity index (χ4n) is 1.10. The maximum atomic E-state index is 13.3. The van der Waals surface area contributed by atoms with Crippen molar-refractivity contribution in [3.8, 4) is 0 Å². The molecule has 0 fully saturated rings. The minimum Gasteiger partial charge on any atom is -0.346 e. The van der Waals surface area contributed by atoms with Crippen LogP contribution in [-0.2, 0) is 0 Å². The summed E-state index contributed by atoms with van der Waals surface area (Å²) in [6.45, 7) is 5.69. The van der Waals surface area contributed by atoms with Crippen LogP contribution in [0.3, 0.4) is 0 Å². The summed E-state index contributed by atoms with van der Waals surface area (Å²) in [5, 5.41) is 2.79. The first-order chi connectivity index (χ1) is 7.34. The number of hydrogen-bond donors (Lipinski definition) is 1. The Morgan fingerprint density at radius 3 is 2.50 bits per heavy atom. The summed E-state index contributed by atoms with van der Waals surface area (Å²) in [7, 11) is 0. The van der Waals surface area contributed by atoms with Gasteiger partial charge < -0.3 is 5.32 Å². The van der Waals surface area contributed by atoms with E-state index in [2.05, 4.69) is 21.2 Å². The second-order valence-corrected chi connectivity index (χ2v) is 5.65. The van der Waals surface area contributed by atoms with E-state index in [1.165, 1.54) is 12.1 Å². The standard InChI is InChI=1S/C12H15BrFNO/c1-8(13)12(2,3)15-11(16)9-6-4-5-7-10(9)14/h4-8H,1-3H3,(H,15,16). The summed E-state index contributed by atoms with van der Waals surface area (Å²) < 4.78 is 13.3. The van der Waals surface area contributed by atoms with E-state index >= 15 is 0 Å². The largest absolute Gasteiger partial charge is 0.346 e. The normalized spacial score (nSPS) is 13.3. The van der Waals surface area contributed by atoms with Crippen LogP contribution in [0.4, 0.5) is 4.39 Å². The quantitative estimate of drug-likeness (QED) is 0.851. The van der Waals surface area contributed by atoms with Crippen molar-refractivity contribution in [1.82, 2.24) is 5.32 Å². The first-order valence-corrected chi connectivity index (χ1v) is 5.97. The highest BCUT2D eigenvalue weighted by Gasteiger charge is 2.26. The van der Waals surface area contributed by atoms with Crippen molar-refractivity contribution >= 4 is 21.8 Å². The van der Waals surface area contributed by atoms with Crippen LogP contribution in [0, 0.1) is 5.82 Å². The third-order valence-electron chi connectivity index (χ3n) is 2.55. The second-order valence-electron chi connectivity index (χ2n) is 4.27. The molecule has 1 rings (SSSR count). The molecule has 0 bridgehead atoms. The van der Waals surface area contributed by atoms with Crippen molar-refractivity contribution < 1.29 is 9.18 Å². The average Bonchev–Trinajstić information content (AvgIpc) is 2.17. The van der Waals surface area contributed by atoms with Crippen LogP contribution in [0.25, 0.3) is 0 Å². The van der Waals surface area contributed by atoms with Crippen LogP contribution in [0.1, 0.15) is 31.1 Å². The average molecular weight is 288 g/mol. The molecule has 0 saturated carbocycles. The third-order valence-corrected chi connectivity index (χ3v) is 3.69. The Bertz CT molecular complexity index is 390. The number of hydrogen-bond acceptors (Lipinski definition) is 1. The van der Waals surface area contributed by atoms with E-state index in [9.17, 15) is 9.18 Å². The number of rotatable bonds is 3. The molecule has 88 valence electrons. The van der Waals surface area contributed by atoms with Crippen LogP contribution < -0.4 is 5.32 Å². The van der Waals surface area contributed by atoms with E-state index in [1.54, 1.807) is 12.1 Å². The van der Waals surface area contributed by atoms with Gasteiger partial charge in [-0.15, -0.1) is 0 Å². The highest BCUT2D eigenvalue weighted by molar-refractivity contribution is 9.09. The van der Waals surface area contributed by atoms with Gasteiger partial charge in [-0.1, -0.05) is 35.0 Å². The first kappa shape index (κ1) is 13.2. The third kappa shape index (κ3) is 3.04. The zero-order chi connectivity index (χ0) is 12.3. The van der Waals surface area contributed by atoms with Crippen LogP contribution in [0.2, 0.25) is 0 Å². The van der Waals surface area contributed by atoms with Crippen LogP contribution in [0.15, 0.2) is 24.3 Å². The van der Waals surface area contributed by atoms with E-state index in [0.29, 0.717) is 0 Å². The molecule has 1 unspecified atom stereocenters. The molecule has 1 amide bonds. The van der Waals surface area contributed by atoms with Gasteiger partial charge in [0.25, 0.3) is 5.91 Å². The Balaban J connectivity index is 2.85. The molecule has 0 aliphatic heterocycles. The molecule has 1 atom stereocenters. The zero-order valence-corrected chi connectivity index (χ0v) is 11.1. The topological polar surface area (TPSA) is 29.1 Å². The number of benzene rings is 1. The van der Waals surface area contributed by atoms with Gasteiger partial charge in [0.05, 0.1) is 5.56 Å². The number of carbonyl (C=O) groups excluding carboxylic acids is 1. The predicted molar refractivity (Wildman–Crippen MR) is 66.3 cm³/mol. The molecule has 0 aliphatic carbocycles. The Hall–Kier alpha value is -0.900. The van der Waals surface area contributed by atoms with Crippen molar-refractivity contribution in [2.45, 2.75) is 31.1 Å². The lowest BCUT2D eigenvalue weighted by Gasteiger charge is -2.29. The van der Waals surface area contributed by atoms with Crippen molar-refractivity contribution in [3.05, 3.63) is 35.6 Å². The Kier molecular flexibility index (Phi) is 4.08. The Morgan fingerprint density at radius 1 is 1.44 bits per heavy atom. The van der Waals surface area contributed by atoms with Gasteiger partial charge in [0.15, 0.2) is 0 Å². The number of alkyl halides is 1. The monoisotopic (exact) mass is 287 g/mol. The fourth-order valence-corrected chi connectivity index (χ4v) is 1.22. The molecule has 1 N–H and O–H groups in total. The molecule has 1 aromatic rings. The minimum atomic E-state index is -0.502. The molecule has 0 aromatic heterocycles. The lowest BCUT2D eigenvalue weighted by Crippen LogP contribution is -2.49. The minimum absolute atomic E-state index is 0.0729. The van der Waals surface area contributed by atoms with Gasteiger partial charge in [-0.25, -0.2) is 4.39 Å². The molecule has 0 aliphatic rings. The van der Waals surface area contributed by atoms with Crippen molar-refractivity contribution in [2.75, 3.05) is 0 Å². The van der Waals surface area contributed by atoms with E-state index in [4.69, 9.17) is 0 Å². The lowest BCUT2D eigenvalue weighted by molar-refractivity contribution is 0.0910. The first-order valence-electron chi connectivity index (χ1n) is 5.05. The van der Waals surface area contributed by atoms with Crippen molar-refractivity contribution in [3.63, 3.8) is 0 Å². The molecule has 0 radical (unpaired) electrons. The van der Waals surface area contributed by atoms with E-state index in [1.807, 2.05) is 20.8 Å². The second kappa shape index (κ2) is 4.95. The molecule has 0 saturated heterocycles. The van der Waals surface area contributed by atoms with E-state index in [-0.39, 0.29) is 10.4 Å². The molecule has 4 heteroatoms. The van der Waals surface area contributed by atoms with Gasteiger partial charge in [0, 0.05) is 10.4 Å². The summed E-state index contributed by atoms with van der Waals surface area (Å²) in [5.41, 5.74) is -0.358. The van der Waals surface area contributed by atoms with E-state index in [0.717, 1.165) is 0 Å². The fraction of sp³-hybridized carbons (Fsp3) is 0.417. The maximum Gasteiger partial charge on any atom is 0.254 e. The lowest BCUT2D eigenvalue weighted by atomic mass is 10.0. The van der Waals surface area contributed by atoms with Crippen molar-refractivity contribution in [2.24, 2.45) is 0 Å². The Morgan fingerprint density at radius 2 is 2.00 bits per heavy atom. The van der Waals surface area contributed by atoms with Gasteiger partial charge in [-0.05, 0) is 26.0 Å². The van der Waals surface area contributed by atoms with Gasteiger partial charge >= 0.3 is 0 Å².